The molecule has 0 radical (unpaired) electrons. The molecule has 140 valence electrons. The second-order valence-corrected chi connectivity index (χ2v) is 7.24. The van der Waals surface area contributed by atoms with Crippen LogP contribution < -0.4 is 10.2 Å². The highest BCUT2D eigenvalue weighted by atomic mass is 32.1. The monoisotopic (exact) mass is 388 g/mol. The van der Waals surface area contributed by atoms with E-state index in [0.717, 1.165) is 29.1 Å². The number of rotatable bonds is 6. The summed E-state index contributed by atoms with van der Waals surface area (Å²) in [6.45, 7) is 2.59. The first-order chi connectivity index (χ1) is 12.9. The average Bonchev–Trinajstić information content (AvgIpc) is 3.12. The van der Waals surface area contributed by atoms with Gasteiger partial charge < -0.3 is 4.90 Å². The maximum Gasteiger partial charge on any atom is 0.284 e. The minimum atomic E-state index is -0.925. The van der Waals surface area contributed by atoms with Crippen molar-refractivity contribution in [1.29, 1.82) is 0 Å². The molecule has 0 aliphatic rings. The lowest BCUT2D eigenvalue weighted by Gasteiger charge is -2.20. The fourth-order valence-corrected chi connectivity index (χ4v) is 3.35. The quantitative estimate of drug-likeness (QED) is 0.682. The van der Waals surface area contributed by atoms with Crippen molar-refractivity contribution in [2.45, 2.75) is 19.5 Å². The van der Waals surface area contributed by atoms with Gasteiger partial charge in [0.25, 0.3) is 5.91 Å². The molecule has 1 heterocycles. The van der Waals surface area contributed by atoms with Crippen molar-refractivity contribution >= 4 is 22.4 Å². The summed E-state index contributed by atoms with van der Waals surface area (Å²) < 4.78 is 26.4. The van der Waals surface area contributed by atoms with Crippen LogP contribution in [0.25, 0.3) is 11.3 Å². The van der Waals surface area contributed by atoms with Crippen LogP contribution in [0.5, 0.6) is 0 Å². The maximum absolute atomic E-state index is 13.4. The molecule has 1 amide bonds. The highest BCUT2D eigenvalue weighted by molar-refractivity contribution is 7.14. The lowest BCUT2D eigenvalue weighted by atomic mass is 10.2. The third kappa shape index (κ3) is 4.75. The van der Waals surface area contributed by atoms with Crippen molar-refractivity contribution in [3.05, 3.63) is 71.1 Å². The van der Waals surface area contributed by atoms with E-state index in [-0.39, 0.29) is 11.9 Å². The van der Waals surface area contributed by atoms with E-state index in [0.29, 0.717) is 16.4 Å². The fourth-order valence-electron chi connectivity index (χ4n) is 2.63. The predicted molar refractivity (Wildman–Crippen MR) is 103 cm³/mol. The van der Waals surface area contributed by atoms with Gasteiger partial charge in [-0.2, -0.15) is 0 Å². The molecule has 3 rings (SSSR count). The van der Waals surface area contributed by atoms with Gasteiger partial charge in [0.1, 0.15) is 6.54 Å². The van der Waals surface area contributed by atoms with Crippen LogP contribution in [0, 0.1) is 11.6 Å². The lowest BCUT2D eigenvalue weighted by molar-refractivity contribution is -0.907. The number of nitrogens with one attached hydrogen (secondary N) is 2. The summed E-state index contributed by atoms with van der Waals surface area (Å²) in [5.74, 6) is -1.97. The van der Waals surface area contributed by atoms with Crippen molar-refractivity contribution in [2.24, 2.45) is 0 Å². The third-order valence-electron chi connectivity index (χ3n) is 4.41. The van der Waals surface area contributed by atoms with E-state index >= 15 is 0 Å². The molecule has 0 fully saturated rings. The van der Waals surface area contributed by atoms with Crippen LogP contribution >= 0.6 is 11.3 Å². The summed E-state index contributed by atoms with van der Waals surface area (Å²) in [7, 11) is 1.96. The molecule has 1 unspecified atom stereocenters. The van der Waals surface area contributed by atoms with E-state index < -0.39 is 11.6 Å². The van der Waals surface area contributed by atoms with Gasteiger partial charge in [0.15, 0.2) is 22.8 Å². The number of anilines is 1. The van der Waals surface area contributed by atoms with Crippen LogP contribution in [0.15, 0.2) is 53.9 Å². The minimum Gasteiger partial charge on any atom is -0.324 e. The molecule has 3 aromatic rings. The van der Waals surface area contributed by atoms with Gasteiger partial charge in [-0.25, -0.2) is 13.8 Å². The molecule has 2 N–H and O–H groups in total. The highest BCUT2D eigenvalue weighted by Crippen LogP contribution is 2.26. The number of aromatic nitrogens is 1. The fraction of sp³-hybridized carbons (Fsp3) is 0.200. The van der Waals surface area contributed by atoms with Gasteiger partial charge in [-0.3, -0.25) is 10.1 Å². The Kier molecular flexibility index (Phi) is 5.93. The van der Waals surface area contributed by atoms with Crippen LogP contribution in [0.1, 0.15) is 12.5 Å². The van der Waals surface area contributed by atoms with Gasteiger partial charge in [0.05, 0.1) is 12.7 Å². The van der Waals surface area contributed by atoms with Crippen LogP contribution in [0.3, 0.4) is 0 Å². The van der Waals surface area contributed by atoms with Crippen molar-refractivity contribution in [1.82, 2.24) is 4.98 Å². The van der Waals surface area contributed by atoms with Crippen molar-refractivity contribution in [3.8, 4) is 11.3 Å². The van der Waals surface area contributed by atoms with Gasteiger partial charge in [-0.05, 0) is 25.1 Å². The zero-order valence-electron chi connectivity index (χ0n) is 15.0. The first-order valence-corrected chi connectivity index (χ1v) is 9.40. The van der Waals surface area contributed by atoms with Gasteiger partial charge in [-0.15, -0.1) is 11.3 Å². The molecule has 0 bridgehead atoms. The molecule has 0 spiro atoms. The Morgan fingerprint density at radius 3 is 2.63 bits per heavy atom. The molecule has 0 aliphatic carbocycles. The number of amides is 1. The van der Waals surface area contributed by atoms with Gasteiger partial charge in [0, 0.05) is 16.5 Å². The Bertz CT molecular complexity index is 930. The number of likely N-dealkylation sites (N-methyl/N-ethyl adjacent to an activating group) is 1. The van der Waals surface area contributed by atoms with E-state index in [1.807, 2.05) is 44.3 Å². The molecule has 4 nitrogen and oxygen atoms in total. The highest BCUT2D eigenvalue weighted by Gasteiger charge is 2.23. The van der Waals surface area contributed by atoms with Crippen LogP contribution in [-0.4, -0.2) is 24.0 Å². The molecule has 2 atom stereocenters. The Morgan fingerprint density at radius 2 is 1.93 bits per heavy atom. The number of carbonyl (C=O) groups excluding carboxylic acids is 1. The maximum atomic E-state index is 13.4. The van der Waals surface area contributed by atoms with E-state index in [4.69, 9.17) is 0 Å². The Morgan fingerprint density at radius 1 is 1.19 bits per heavy atom. The van der Waals surface area contributed by atoms with E-state index in [9.17, 15) is 13.6 Å². The largest absolute Gasteiger partial charge is 0.324 e. The van der Waals surface area contributed by atoms with E-state index in [1.54, 1.807) is 5.38 Å². The molecule has 27 heavy (non-hydrogen) atoms. The number of halogens is 2. The third-order valence-corrected chi connectivity index (χ3v) is 5.17. The lowest BCUT2D eigenvalue weighted by Crippen LogP contribution is -3.12. The summed E-state index contributed by atoms with van der Waals surface area (Å²) in [6.07, 6.45) is 0. The SMILES string of the molecule is C[C@@H](C(=O)Nc1nc(-c2ccc(F)c(F)c2)cs1)[NH+](C)Cc1ccccc1. The molecule has 0 aliphatic heterocycles. The average molecular weight is 388 g/mol. The summed E-state index contributed by atoms with van der Waals surface area (Å²) in [5, 5.41) is 4.94. The van der Waals surface area contributed by atoms with E-state index in [1.165, 1.54) is 17.4 Å². The molecule has 2 aromatic carbocycles. The van der Waals surface area contributed by atoms with Gasteiger partial charge in [0.2, 0.25) is 0 Å². The van der Waals surface area contributed by atoms with Crippen LogP contribution in [0.4, 0.5) is 13.9 Å². The Labute approximate surface area is 160 Å². The Balaban J connectivity index is 1.63. The first kappa shape index (κ1) is 19.1. The van der Waals surface area contributed by atoms with Gasteiger partial charge >= 0.3 is 0 Å². The number of carbonyl (C=O) groups is 1. The number of quaternary nitrogens is 1. The second kappa shape index (κ2) is 8.37. The number of nitrogens with zero attached hydrogens (tertiary/aromatic N) is 1. The smallest absolute Gasteiger partial charge is 0.284 e. The summed E-state index contributed by atoms with van der Waals surface area (Å²) in [5.41, 5.74) is 2.11. The number of benzene rings is 2. The van der Waals surface area contributed by atoms with E-state index in [2.05, 4.69) is 10.3 Å². The topological polar surface area (TPSA) is 46.4 Å². The van der Waals surface area contributed by atoms with Crippen molar-refractivity contribution in [2.75, 3.05) is 12.4 Å². The van der Waals surface area contributed by atoms with Crippen molar-refractivity contribution < 1.29 is 18.5 Å². The van der Waals surface area contributed by atoms with Crippen LogP contribution in [0.2, 0.25) is 0 Å². The van der Waals surface area contributed by atoms with Gasteiger partial charge in [-0.1, -0.05) is 30.3 Å². The molecular formula is C20H20F2N3OS+. The summed E-state index contributed by atoms with van der Waals surface area (Å²) in [4.78, 5) is 17.9. The Hall–Kier alpha value is -2.64. The standard InChI is InChI=1S/C20H19F2N3OS/c1-13(25(2)11-14-6-4-3-5-7-14)19(26)24-20-23-18(12-27-20)15-8-9-16(21)17(22)10-15/h3-10,12-13H,11H2,1-2H3,(H,23,24,26)/p+1/t13-/m0/s1. The second-order valence-electron chi connectivity index (χ2n) is 6.39. The molecule has 0 saturated heterocycles. The molecule has 7 heteroatoms. The number of thiazole rings is 1. The number of hydrogen-bond acceptors (Lipinski definition) is 3. The number of hydrogen-bond donors (Lipinski definition) is 2. The molecular weight excluding hydrogens is 368 g/mol. The molecule has 0 saturated carbocycles. The van der Waals surface area contributed by atoms with Crippen molar-refractivity contribution in [3.63, 3.8) is 0 Å². The normalized spacial score (nSPS) is 13.2. The summed E-state index contributed by atoms with van der Waals surface area (Å²) in [6, 6.07) is 13.3. The zero-order valence-corrected chi connectivity index (χ0v) is 15.8. The minimum absolute atomic E-state index is 0.144. The molecule has 1 aromatic heterocycles. The van der Waals surface area contributed by atoms with Crippen LogP contribution in [-0.2, 0) is 11.3 Å². The summed E-state index contributed by atoms with van der Waals surface area (Å²) >= 11 is 1.25. The first-order valence-electron chi connectivity index (χ1n) is 8.52. The zero-order chi connectivity index (χ0) is 19.4. The predicted octanol–water partition coefficient (Wildman–Crippen LogP) is 3.13.